The van der Waals surface area contributed by atoms with E-state index in [9.17, 15) is 4.79 Å². The number of nitrogens with one attached hydrogen (secondary N) is 1. The molecule has 8 heteroatoms. The van der Waals surface area contributed by atoms with Gasteiger partial charge in [0, 0.05) is 15.5 Å². The van der Waals surface area contributed by atoms with E-state index in [4.69, 9.17) is 23.2 Å². The number of hydrogen-bond donors (Lipinski definition) is 1. The first-order chi connectivity index (χ1) is 14.6. The van der Waals surface area contributed by atoms with E-state index in [2.05, 4.69) is 15.4 Å². The molecule has 1 aromatic heterocycles. The summed E-state index contributed by atoms with van der Waals surface area (Å²) in [4.78, 5) is 17.7. The Balaban J connectivity index is 1.56. The van der Waals surface area contributed by atoms with Crippen molar-refractivity contribution >= 4 is 46.6 Å². The monoisotopic (exact) mass is 454 g/mol. The largest absolute Gasteiger partial charge is 0.321 e. The van der Waals surface area contributed by atoms with E-state index in [1.807, 2.05) is 66.7 Å². The molecule has 4 aromatic rings. The Morgan fingerprint density at radius 2 is 1.63 bits per heavy atom. The molecular formula is C22H16Cl2N4OS. The predicted octanol–water partition coefficient (Wildman–Crippen LogP) is 6.04. The van der Waals surface area contributed by atoms with Crippen LogP contribution in [0.4, 0.5) is 5.69 Å². The number of para-hydroxylation sites is 1. The van der Waals surface area contributed by atoms with Crippen LogP contribution in [0.1, 0.15) is 15.9 Å². The summed E-state index contributed by atoms with van der Waals surface area (Å²) in [6, 6.07) is 24.1. The lowest BCUT2D eigenvalue weighted by Crippen LogP contribution is -2.12. The van der Waals surface area contributed by atoms with Crippen LogP contribution in [0.3, 0.4) is 0 Å². The topological polar surface area (TPSA) is 59.8 Å². The third kappa shape index (κ3) is 5.02. The number of hydrogen-bond acceptors (Lipinski definition) is 4. The number of carbonyl (C=O) groups is 1. The molecule has 0 bridgehead atoms. The Morgan fingerprint density at radius 3 is 2.40 bits per heavy atom. The number of aromatic nitrogens is 3. The van der Waals surface area contributed by atoms with Crippen molar-refractivity contribution in [1.29, 1.82) is 0 Å². The molecule has 0 radical (unpaired) electrons. The fourth-order valence-corrected chi connectivity index (χ4v) is 4.05. The van der Waals surface area contributed by atoms with Crippen LogP contribution in [-0.4, -0.2) is 20.7 Å². The summed E-state index contributed by atoms with van der Waals surface area (Å²) >= 11 is 13.4. The zero-order chi connectivity index (χ0) is 20.9. The van der Waals surface area contributed by atoms with Crippen LogP contribution in [0.15, 0.2) is 88.9 Å². The zero-order valence-corrected chi connectivity index (χ0v) is 18.0. The second kappa shape index (κ2) is 9.34. The molecule has 0 aliphatic rings. The van der Waals surface area contributed by atoms with Crippen LogP contribution in [0.25, 0.3) is 0 Å². The normalized spacial score (nSPS) is 10.7. The summed E-state index contributed by atoms with van der Waals surface area (Å²) in [5.41, 5.74) is 2.30. The smallest absolute Gasteiger partial charge is 0.255 e. The van der Waals surface area contributed by atoms with Crippen LogP contribution in [0.5, 0.6) is 0 Å². The highest BCUT2D eigenvalue weighted by Gasteiger charge is 2.15. The van der Waals surface area contributed by atoms with Gasteiger partial charge in [0.05, 0.1) is 12.2 Å². The molecule has 150 valence electrons. The zero-order valence-electron chi connectivity index (χ0n) is 15.6. The van der Waals surface area contributed by atoms with Crippen molar-refractivity contribution in [1.82, 2.24) is 14.8 Å². The summed E-state index contributed by atoms with van der Waals surface area (Å²) in [6.45, 7) is 0.498. The highest BCUT2D eigenvalue weighted by molar-refractivity contribution is 7.99. The van der Waals surface area contributed by atoms with E-state index < -0.39 is 0 Å². The number of benzene rings is 3. The van der Waals surface area contributed by atoms with Gasteiger partial charge >= 0.3 is 0 Å². The summed E-state index contributed by atoms with van der Waals surface area (Å²) in [6.07, 6.45) is 0. The van der Waals surface area contributed by atoms with Gasteiger partial charge in [0.2, 0.25) is 5.28 Å². The van der Waals surface area contributed by atoms with Crippen molar-refractivity contribution in [3.05, 3.63) is 100 Å². The number of carbonyl (C=O) groups excluding carboxylic acids is 1. The summed E-state index contributed by atoms with van der Waals surface area (Å²) in [5, 5.41) is 8.72. The second-order valence-electron chi connectivity index (χ2n) is 6.37. The molecule has 0 fully saturated rings. The predicted molar refractivity (Wildman–Crippen MR) is 121 cm³/mol. The molecule has 1 amide bonds. The third-order valence-corrected chi connectivity index (χ3v) is 5.70. The fourth-order valence-electron chi connectivity index (χ4n) is 2.78. The minimum absolute atomic E-state index is 0.164. The van der Waals surface area contributed by atoms with Crippen LogP contribution < -0.4 is 5.32 Å². The Labute approximate surface area is 188 Å². The molecule has 0 aliphatic heterocycles. The van der Waals surface area contributed by atoms with Crippen molar-refractivity contribution in [2.24, 2.45) is 0 Å². The molecule has 1 N–H and O–H groups in total. The number of rotatable bonds is 6. The van der Waals surface area contributed by atoms with Gasteiger partial charge in [-0.3, -0.25) is 4.79 Å². The number of amides is 1. The Morgan fingerprint density at radius 1 is 0.933 bits per heavy atom. The molecular weight excluding hydrogens is 439 g/mol. The molecule has 0 unspecified atom stereocenters. The van der Waals surface area contributed by atoms with Crippen LogP contribution >= 0.6 is 35.0 Å². The maximum Gasteiger partial charge on any atom is 0.255 e. The molecule has 0 spiro atoms. The van der Waals surface area contributed by atoms with Gasteiger partial charge in [-0.2, -0.15) is 4.98 Å². The molecule has 0 aliphatic carbocycles. The van der Waals surface area contributed by atoms with Gasteiger partial charge in [0.15, 0.2) is 5.16 Å². The first kappa shape index (κ1) is 20.5. The number of halogens is 2. The van der Waals surface area contributed by atoms with Crippen LogP contribution in [0, 0.1) is 0 Å². The lowest BCUT2D eigenvalue weighted by molar-refractivity contribution is 0.102. The van der Waals surface area contributed by atoms with Crippen LogP contribution in [-0.2, 0) is 6.54 Å². The standard InChI is InChI=1S/C22H16Cl2N4OS/c23-17-12-10-15(11-13-17)14-28-22(26-21(24)27-28)30-19-9-5-4-8-18(19)25-20(29)16-6-2-1-3-7-16/h1-13H,14H2,(H,25,29). The van der Waals surface area contributed by atoms with Gasteiger partial charge in [0.1, 0.15) is 0 Å². The molecule has 0 atom stereocenters. The first-order valence-electron chi connectivity index (χ1n) is 9.06. The van der Waals surface area contributed by atoms with Gasteiger partial charge in [-0.25, -0.2) is 4.68 Å². The number of anilines is 1. The van der Waals surface area contributed by atoms with Crippen molar-refractivity contribution < 1.29 is 4.79 Å². The molecule has 5 nitrogen and oxygen atoms in total. The van der Waals surface area contributed by atoms with Gasteiger partial charge in [-0.05, 0) is 65.3 Å². The van der Waals surface area contributed by atoms with E-state index in [0.29, 0.717) is 28.0 Å². The highest BCUT2D eigenvalue weighted by Crippen LogP contribution is 2.33. The van der Waals surface area contributed by atoms with Crippen molar-refractivity contribution in [3.8, 4) is 0 Å². The third-order valence-electron chi connectivity index (χ3n) is 4.23. The Hall–Kier alpha value is -2.80. The van der Waals surface area contributed by atoms with E-state index >= 15 is 0 Å². The van der Waals surface area contributed by atoms with Crippen molar-refractivity contribution in [2.45, 2.75) is 16.6 Å². The van der Waals surface area contributed by atoms with E-state index in [-0.39, 0.29) is 11.2 Å². The summed E-state index contributed by atoms with van der Waals surface area (Å²) < 4.78 is 1.73. The highest BCUT2D eigenvalue weighted by atomic mass is 35.5. The minimum atomic E-state index is -0.177. The lowest BCUT2D eigenvalue weighted by Gasteiger charge is -2.11. The Kier molecular flexibility index (Phi) is 6.38. The summed E-state index contributed by atoms with van der Waals surface area (Å²) in [7, 11) is 0. The summed E-state index contributed by atoms with van der Waals surface area (Å²) in [5.74, 6) is -0.177. The van der Waals surface area contributed by atoms with E-state index in [1.54, 1.807) is 16.8 Å². The SMILES string of the molecule is O=C(Nc1ccccc1Sc1nc(Cl)nn1Cc1ccc(Cl)cc1)c1ccccc1. The van der Waals surface area contributed by atoms with Gasteiger partial charge in [0.25, 0.3) is 5.91 Å². The second-order valence-corrected chi connectivity index (χ2v) is 8.15. The van der Waals surface area contributed by atoms with Gasteiger partial charge in [-0.15, -0.1) is 5.10 Å². The van der Waals surface area contributed by atoms with Crippen molar-refractivity contribution in [2.75, 3.05) is 5.32 Å². The quantitative estimate of drug-likeness (QED) is 0.385. The molecule has 1 heterocycles. The van der Waals surface area contributed by atoms with Gasteiger partial charge < -0.3 is 5.32 Å². The average molecular weight is 455 g/mol. The average Bonchev–Trinajstić information content (AvgIpc) is 3.10. The lowest BCUT2D eigenvalue weighted by atomic mass is 10.2. The number of nitrogens with zero attached hydrogens (tertiary/aromatic N) is 3. The molecule has 3 aromatic carbocycles. The van der Waals surface area contributed by atoms with E-state index in [0.717, 1.165) is 10.5 Å². The maximum absolute atomic E-state index is 12.6. The fraction of sp³-hybridized carbons (Fsp3) is 0.0455. The first-order valence-corrected chi connectivity index (χ1v) is 10.6. The van der Waals surface area contributed by atoms with Crippen molar-refractivity contribution in [3.63, 3.8) is 0 Å². The molecule has 0 saturated heterocycles. The van der Waals surface area contributed by atoms with E-state index in [1.165, 1.54) is 11.8 Å². The van der Waals surface area contributed by atoms with Crippen LogP contribution in [0.2, 0.25) is 10.3 Å². The minimum Gasteiger partial charge on any atom is -0.321 e. The molecule has 0 saturated carbocycles. The maximum atomic E-state index is 12.6. The van der Waals surface area contributed by atoms with Gasteiger partial charge in [-0.1, -0.05) is 54.1 Å². The molecule has 30 heavy (non-hydrogen) atoms. The molecule has 4 rings (SSSR count). The Bertz CT molecular complexity index is 1160.